The summed E-state index contributed by atoms with van der Waals surface area (Å²) in [5.41, 5.74) is 0. The Bertz CT molecular complexity index is 384. The predicted octanol–water partition coefficient (Wildman–Crippen LogP) is 1.75. The van der Waals surface area contributed by atoms with Crippen molar-refractivity contribution < 1.29 is 8.42 Å². The number of halogens is 2. The molecule has 0 radical (unpaired) electrons. The van der Waals surface area contributed by atoms with Gasteiger partial charge in [-0.1, -0.05) is 17.7 Å². The van der Waals surface area contributed by atoms with Gasteiger partial charge in [0.05, 0.1) is 5.02 Å². The van der Waals surface area contributed by atoms with Gasteiger partial charge in [-0.25, -0.2) is 13.6 Å². The van der Waals surface area contributed by atoms with E-state index >= 15 is 0 Å². The van der Waals surface area contributed by atoms with Gasteiger partial charge >= 0.3 is 0 Å². The van der Waals surface area contributed by atoms with Gasteiger partial charge in [-0.2, -0.15) is 0 Å². The van der Waals surface area contributed by atoms with Crippen LogP contribution < -0.4 is 5.14 Å². The van der Waals surface area contributed by atoms with Gasteiger partial charge in [0, 0.05) is 4.47 Å². The van der Waals surface area contributed by atoms with Gasteiger partial charge < -0.3 is 0 Å². The summed E-state index contributed by atoms with van der Waals surface area (Å²) in [6.07, 6.45) is 0. The largest absolute Gasteiger partial charge is 0.240 e. The second kappa shape index (κ2) is 3.33. The second-order valence-electron chi connectivity index (χ2n) is 2.10. The number of sulfonamides is 1. The van der Waals surface area contributed by atoms with Crippen molar-refractivity contribution in [3.8, 4) is 0 Å². The summed E-state index contributed by atoms with van der Waals surface area (Å²) >= 11 is 8.66. The Hall–Kier alpha value is -0.100. The molecule has 0 aromatic heterocycles. The van der Waals surface area contributed by atoms with Gasteiger partial charge in [-0.15, -0.1) is 0 Å². The molecule has 0 saturated carbocycles. The van der Waals surface area contributed by atoms with E-state index in [-0.39, 0.29) is 9.92 Å². The van der Waals surface area contributed by atoms with Crippen LogP contribution in [0.4, 0.5) is 0 Å². The zero-order valence-corrected chi connectivity index (χ0v) is 8.95. The fourth-order valence-electron chi connectivity index (χ4n) is 0.754. The van der Waals surface area contributed by atoms with E-state index in [2.05, 4.69) is 15.9 Å². The molecular weight excluding hydrogens is 265 g/mol. The van der Waals surface area contributed by atoms with E-state index in [0.29, 0.717) is 4.47 Å². The Morgan fingerprint density at radius 3 is 2.33 bits per heavy atom. The maximum absolute atomic E-state index is 10.9. The fraction of sp³-hybridized carbons (Fsp3) is 0. The van der Waals surface area contributed by atoms with E-state index in [4.69, 9.17) is 16.7 Å². The lowest BCUT2D eigenvalue weighted by Gasteiger charge is -2.02. The molecule has 0 unspecified atom stereocenters. The summed E-state index contributed by atoms with van der Waals surface area (Å²) in [6.45, 7) is 0. The van der Waals surface area contributed by atoms with Crippen LogP contribution in [0.2, 0.25) is 5.02 Å². The highest BCUT2D eigenvalue weighted by Crippen LogP contribution is 2.27. The van der Waals surface area contributed by atoms with Crippen molar-refractivity contribution in [3.63, 3.8) is 0 Å². The maximum Gasteiger partial charge on any atom is 0.240 e. The highest BCUT2D eigenvalue weighted by Gasteiger charge is 2.15. The molecule has 1 aromatic carbocycles. The van der Waals surface area contributed by atoms with Gasteiger partial charge in [0.1, 0.15) is 4.90 Å². The lowest BCUT2D eigenvalue weighted by atomic mass is 10.4. The minimum absolute atomic E-state index is 0.0772. The van der Waals surface area contributed by atoms with Gasteiger partial charge in [0.25, 0.3) is 0 Å². The molecule has 0 amide bonds. The molecule has 1 aromatic rings. The van der Waals surface area contributed by atoms with Gasteiger partial charge in [0.2, 0.25) is 10.0 Å². The standard InChI is InChI=1S/C6H5BrClNO2S/c7-4-2-1-3-5(8)6(4)12(9,10)11/h1-3H,(H2,9,10,11). The molecule has 0 atom stereocenters. The van der Waals surface area contributed by atoms with Crippen LogP contribution >= 0.6 is 27.5 Å². The molecule has 0 aliphatic rings. The van der Waals surface area contributed by atoms with Crippen LogP contribution in [0.5, 0.6) is 0 Å². The Balaban J connectivity index is 3.53. The minimum atomic E-state index is -3.74. The first-order valence-corrected chi connectivity index (χ1v) is 5.61. The third-order valence-corrected chi connectivity index (χ3v) is 3.56. The third-order valence-electron chi connectivity index (χ3n) is 1.20. The minimum Gasteiger partial charge on any atom is -0.225 e. The molecule has 0 aliphatic carbocycles. The molecule has 0 fully saturated rings. The third kappa shape index (κ3) is 1.98. The predicted molar refractivity (Wildman–Crippen MR) is 50.5 cm³/mol. The molecule has 6 heteroatoms. The zero-order chi connectivity index (χ0) is 9.35. The molecule has 12 heavy (non-hydrogen) atoms. The molecule has 1 rings (SSSR count). The van der Waals surface area contributed by atoms with E-state index in [1.807, 2.05) is 0 Å². The molecular formula is C6H5BrClNO2S. The van der Waals surface area contributed by atoms with Gasteiger partial charge in [-0.3, -0.25) is 0 Å². The SMILES string of the molecule is NS(=O)(=O)c1c(Cl)cccc1Br. The molecule has 0 spiro atoms. The first-order chi connectivity index (χ1) is 5.43. The molecule has 0 saturated heterocycles. The topological polar surface area (TPSA) is 60.2 Å². The van der Waals surface area contributed by atoms with E-state index in [0.717, 1.165) is 0 Å². The molecule has 2 N–H and O–H groups in total. The summed E-state index contributed by atoms with van der Waals surface area (Å²) in [5, 5.41) is 5.03. The second-order valence-corrected chi connectivity index (χ2v) is 4.86. The lowest BCUT2D eigenvalue weighted by molar-refractivity contribution is 0.597. The number of primary sulfonamides is 1. The van der Waals surface area contributed by atoms with Crippen LogP contribution in [0, 0.1) is 0 Å². The number of nitrogens with two attached hydrogens (primary N) is 1. The number of benzene rings is 1. The molecule has 0 aliphatic heterocycles. The fourth-order valence-corrected chi connectivity index (χ4v) is 3.09. The Morgan fingerprint density at radius 2 is 2.00 bits per heavy atom. The quantitative estimate of drug-likeness (QED) is 0.845. The van der Waals surface area contributed by atoms with Crippen molar-refractivity contribution in [1.82, 2.24) is 0 Å². The van der Waals surface area contributed by atoms with Crippen molar-refractivity contribution in [2.45, 2.75) is 4.90 Å². The molecule has 66 valence electrons. The van der Waals surface area contributed by atoms with Crippen LogP contribution in [-0.2, 0) is 10.0 Å². The summed E-state index contributed by atoms with van der Waals surface area (Å²) in [5.74, 6) is 0. The van der Waals surface area contributed by atoms with Crippen LogP contribution in [0.15, 0.2) is 27.6 Å². The van der Waals surface area contributed by atoms with Gasteiger partial charge in [0.15, 0.2) is 0 Å². The average Bonchev–Trinajstić information content (AvgIpc) is 1.82. The normalized spacial score (nSPS) is 11.6. The number of hydrogen-bond acceptors (Lipinski definition) is 2. The van der Waals surface area contributed by atoms with E-state index in [1.54, 1.807) is 12.1 Å². The van der Waals surface area contributed by atoms with Crippen molar-refractivity contribution in [1.29, 1.82) is 0 Å². The highest BCUT2D eigenvalue weighted by molar-refractivity contribution is 9.10. The van der Waals surface area contributed by atoms with Crippen molar-refractivity contribution in [2.75, 3.05) is 0 Å². The summed E-state index contributed by atoms with van der Waals surface area (Å²) in [7, 11) is -3.74. The monoisotopic (exact) mass is 269 g/mol. The molecule has 3 nitrogen and oxygen atoms in total. The van der Waals surface area contributed by atoms with E-state index in [9.17, 15) is 8.42 Å². The summed E-state index contributed by atoms with van der Waals surface area (Å²) < 4.78 is 22.2. The van der Waals surface area contributed by atoms with Gasteiger partial charge in [-0.05, 0) is 28.1 Å². The Labute approximate surface area is 83.7 Å². The van der Waals surface area contributed by atoms with Crippen LogP contribution in [-0.4, -0.2) is 8.42 Å². The molecule has 0 heterocycles. The van der Waals surface area contributed by atoms with E-state index in [1.165, 1.54) is 6.07 Å². The highest BCUT2D eigenvalue weighted by atomic mass is 79.9. The Kier molecular flexibility index (Phi) is 2.77. The van der Waals surface area contributed by atoms with Crippen LogP contribution in [0.1, 0.15) is 0 Å². The Morgan fingerprint density at radius 1 is 1.42 bits per heavy atom. The first-order valence-electron chi connectivity index (χ1n) is 2.90. The number of rotatable bonds is 1. The van der Waals surface area contributed by atoms with E-state index < -0.39 is 10.0 Å². The summed E-state index contributed by atoms with van der Waals surface area (Å²) in [4.78, 5) is -0.0772. The average molecular weight is 271 g/mol. The molecule has 0 bridgehead atoms. The summed E-state index contributed by atoms with van der Waals surface area (Å²) in [6, 6.07) is 4.65. The van der Waals surface area contributed by atoms with Crippen LogP contribution in [0.3, 0.4) is 0 Å². The smallest absolute Gasteiger partial charge is 0.225 e. The van der Waals surface area contributed by atoms with Crippen molar-refractivity contribution >= 4 is 37.6 Å². The maximum atomic E-state index is 10.9. The first kappa shape index (κ1) is 9.98. The van der Waals surface area contributed by atoms with Crippen LogP contribution in [0.25, 0.3) is 0 Å². The van der Waals surface area contributed by atoms with Crippen molar-refractivity contribution in [2.24, 2.45) is 5.14 Å². The lowest BCUT2D eigenvalue weighted by Crippen LogP contribution is -2.13. The number of hydrogen-bond donors (Lipinski definition) is 1. The van der Waals surface area contributed by atoms with Crippen molar-refractivity contribution in [3.05, 3.63) is 27.7 Å². The zero-order valence-electron chi connectivity index (χ0n) is 5.79.